The van der Waals surface area contributed by atoms with Gasteiger partial charge in [0.2, 0.25) is 0 Å². The molecule has 0 aliphatic rings. The molecule has 0 saturated heterocycles. The number of nitrogens with zero attached hydrogens (tertiary/aromatic N) is 2. The van der Waals surface area contributed by atoms with E-state index in [0.717, 1.165) is 3.70 Å². The Morgan fingerprint density at radius 2 is 2.33 bits per heavy atom. The Kier molecular flexibility index (Phi) is 3.03. The Morgan fingerprint density at radius 3 is 3.07 bits per heavy atom. The van der Waals surface area contributed by atoms with Crippen molar-refractivity contribution in [3.63, 3.8) is 0 Å². The molecule has 0 bridgehead atoms. The molecule has 0 fully saturated rings. The number of aromatic nitrogens is 2. The van der Waals surface area contributed by atoms with Gasteiger partial charge in [-0.25, -0.2) is 13.8 Å². The normalized spacial score (nSPS) is 11.2. The van der Waals surface area contributed by atoms with E-state index in [4.69, 9.17) is 4.74 Å². The predicted molar refractivity (Wildman–Crippen MR) is 59.4 cm³/mol. The van der Waals surface area contributed by atoms with Gasteiger partial charge in [-0.1, -0.05) is 0 Å². The van der Waals surface area contributed by atoms with Gasteiger partial charge in [0.15, 0.2) is 0 Å². The van der Waals surface area contributed by atoms with Crippen LogP contribution in [0.3, 0.4) is 0 Å². The summed E-state index contributed by atoms with van der Waals surface area (Å²) >= 11 is 2.14. The van der Waals surface area contributed by atoms with Gasteiger partial charge < -0.3 is 4.74 Å². The lowest BCUT2D eigenvalue weighted by molar-refractivity contribution is 0.0819. The fourth-order valence-electron chi connectivity index (χ4n) is 1.18. The molecule has 3 nitrogen and oxygen atoms in total. The van der Waals surface area contributed by atoms with Gasteiger partial charge in [0.1, 0.15) is 21.7 Å². The van der Waals surface area contributed by atoms with Gasteiger partial charge in [0.05, 0.1) is 6.20 Å². The van der Waals surface area contributed by atoms with Crippen LogP contribution >= 0.6 is 22.6 Å². The van der Waals surface area contributed by atoms with Gasteiger partial charge in [-0.3, -0.25) is 4.40 Å². The third kappa shape index (κ3) is 2.36. The van der Waals surface area contributed by atoms with Crippen molar-refractivity contribution in [2.45, 2.75) is 6.43 Å². The monoisotopic (exact) mass is 324 g/mol. The second kappa shape index (κ2) is 4.30. The topological polar surface area (TPSA) is 26.5 Å². The van der Waals surface area contributed by atoms with Crippen molar-refractivity contribution in [3.8, 4) is 5.75 Å². The number of alkyl halides is 2. The zero-order valence-electron chi connectivity index (χ0n) is 7.53. The fourth-order valence-corrected chi connectivity index (χ4v) is 1.73. The molecule has 15 heavy (non-hydrogen) atoms. The van der Waals surface area contributed by atoms with Crippen LogP contribution < -0.4 is 4.74 Å². The Hall–Kier alpha value is -0.920. The highest BCUT2D eigenvalue weighted by Crippen LogP contribution is 2.16. The van der Waals surface area contributed by atoms with Crippen LogP contribution in [0.5, 0.6) is 5.75 Å². The van der Waals surface area contributed by atoms with Crippen LogP contribution in [0, 0.1) is 3.70 Å². The summed E-state index contributed by atoms with van der Waals surface area (Å²) in [5, 5.41) is 0. The maximum Gasteiger partial charge on any atom is 0.272 e. The average Bonchev–Trinajstić information content (AvgIpc) is 2.57. The van der Waals surface area contributed by atoms with Gasteiger partial charge in [-0.2, -0.15) is 0 Å². The molecule has 0 aromatic carbocycles. The molecule has 0 N–H and O–H groups in total. The van der Waals surface area contributed by atoms with E-state index < -0.39 is 13.0 Å². The Morgan fingerprint density at radius 1 is 1.53 bits per heavy atom. The number of ether oxygens (including phenoxy) is 1. The van der Waals surface area contributed by atoms with Crippen molar-refractivity contribution in [2.75, 3.05) is 6.61 Å². The summed E-state index contributed by atoms with van der Waals surface area (Å²) in [6, 6.07) is 3.27. The van der Waals surface area contributed by atoms with E-state index in [1.807, 2.05) is 4.40 Å². The van der Waals surface area contributed by atoms with Crippen molar-refractivity contribution in [1.82, 2.24) is 9.38 Å². The zero-order chi connectivity index (χ0) is 10.8. The minimum Gasteiger partial charge on any atom is -0.487 e. The molecule has 2 rings (SSSR count). The molecule has 0 amide bonds. The molecule has 0 aliphatic carbocycles. The molecule has 0 saturated carbocycles. The maximum atomic E-state index is 11.9. The lowest BCUT2D eigenvalue weighted by Gasteiger charge is -2.05. The number of rotatable bonds is 3. The molecule has 2 aromatic heterocycles. The van der Waals surface area contributed by atoms with Crippen LogP contribution in [0.25, 0.3) is 5.65 Å². The van der Waals surface area contributed by atoms with Crippen molar-refractivity contribution >= 4 is 28.2 Å². The minimum atomic E-state index is -2.46. The first-order valence-corrected chi connectivity index (χ1v) is 5.28. The second-order valence-corrected chi connectivity index (χ2v) is 3.98. The highest BCUT2D eigenvalue weighted by Gasteiger charge is 2.05. The van der Waals surface area contributed by atoms with Gasteiger partial charge in [0.25, 0.3) is 6.43 Å². The first-order chi connectivity index (χ1) is 7.16. The lowest BCUT2D eigenvalue weighted by atomic mass is 10.4. The van der Waals surface area contributed by atoms with Gasteiger partial charge in [0, 0.05) is 12.3 Å². The maximum absolute atomic E-state index is 11.9. The highest BCUT2D eigenvalue weighted by atomic mass is 127. The number of hydrogen-bond donors (Lipinski definition) is 0. The van der Waals surface area contributed by atoms with Gasteiger partial charge in [-0.05, 0) is 28.7 Å². The van der Waals surface area contributed by atoms with Crippen LogP contribution in [-0.2, 0) is 0 Å². The van der Waals surface area contributed by atoms with E-state index >= 15 is 0 Å². The first-order valence-electron chi connectivity index (χ1n) is 4.20. The van der Waals surface area contributed by atoms with E-state index in [1.54, 1.807) is 24.5 Å². The zero-order valence-corrected chi connectivity index (χ0v) is 9.69. The van der Waals surface area contributed by atoms with Crippen LogP contribution in [0.4, 0.5) is 8.78 Å². The molecular formula is C9H7F2IN2O. The number of pyridine rings is 1. The number of hydrogen-bond acceptors (Lipinski definition) is 2. The molecule has 2 aromatic rings. The first kappa shape index (κ1) is 10.6. The smallest absolute Gasteiger partial charge is 0.272 e. The third-order valence-corrected chi connectivity index (χ3v) is 2.61. The summed E-state index contributed by atoms with van der Waals surface area (Å²) in [5.74, 6) is 0.407. The van der Waals surface area contributed by atoms with Crippen molar-refractivity contribution in [1.29, 1.82) is 0 Å². The third-order valence-electron chi connectivity index (χ3n) is 1.82. The molecule has 0 atom stereocenters. The van der Waals surface area contributed by atoms with Crippen LogP contribution in [-0.4, -0.2) is 22.4 Å². The van der Waals surface area contributed by atoms with E-state index in [9.17, 15) is 8.78 Å². The molecule has 0 spiro atoms. The summed E-state index contributed by atoms with van der Waals surface area (Å²) in [7, 11) is 0. The van der Waals surface area contributed by atoms with Gasteiger partial charge >= 0.3 is 0 Å². The van der Waals surface area contributed by atoms with E-state index in [-0.39, 0.29) is 0 Å². The standard InChI is InChI=1S/C9H7F2IN2O/c10-7(11)5-15-6-1-2-14-8(12)4-13-9(14)3-6/h1-4,7H,5H2. The Balaban J connectivity index is 2.23. The summed E-state index contributed by atoms with van der Waals surface area (Å²) in [6.45, 7) is -0.589. The molecule has 2 heterocycles. The van der Waals surface area contributed by atoms with Crippen molar-refractivity contribution < 1.29 is 13.5 Å². The van der Waals surface area contributed by atoms with Crippen LogP contribution in [0.2, 0.25) is 0 Å². The number of imidazole rings is 1. The second-order valence-electron chi connectivity index (χ2n) is 2.87. The minimum absolute atomic E-state index is 0.407. The molecule has 0 aliphatic heterocycles. The average molecular weight is 324 g/mol. The van der Waals surface area contributed by atoms with E-state index in [1.165, 1.54) is 0 Å². The largest absolute Gasteiger partial charge is 0.487 e. The Bertz CT molecular complexity index is 472. The summed E-state index contributed by atoms with van der Waals surface area (Å²) < 4.78 is 31.5. The molecule has 0 radical (unpaired) electrons. The molecular weight excluding hydrogens is 317 g/mol. The summed E-state index contributed by atoms with van der Waals surface area (Å²) in [6.07, 6.45) is 0.985. The predicted octanol–water partition coefficient (Wildman–Crippen LogP) is 2.58. The van der Waals surface area contributed by atoms with Crippen molar-refractivity contribution in [3.05, 3.63) is 28.2 Å². The highest BCUT2D eigenvalue weighted by molar-refractivity contribution is 14.1. The Labute approximate surface area is 98.2 Å². The van der Waals surface area contributed by atoms with Crippen LogP contribution in [0.1, 0.15) is 0 Å². The molecule has 0 unspecified atom stereocenters. The summed E-state index contributed by atoms with van der Waals surface area (Å²) in [4.78, 5) is 4.09. The lowest BCUT2D eigenvalue weighted by Crippen LogP contribution is -2.07. The van der Waals surface area contributed by atoms with Gasteiger partial charge in [-0.15, -0.1) is 0 Å². The fraction of sp³-hybridized carbons (Fsp3) is 0.222. The number of halogens is 3. The van der Waals surface area contributed by atoms with E-state index in [0.29, 0.717) is 11.4 Å². The SMILES string of the molecule is FC(F)COc1ccn2c(I)cnc2c1. The number of fused-ring (bicyclic) bond motifs is 1. The van der Waals surface area contributed by atoms with E-state index in [2.05, 4.69) is 27.6 Å². The quantitative estimate of drug-likeness (QED) is 0.812. The molecule has 6 heteroatoms. The summed E-state index contributed by atoms with van der Waals surface area (Å²) in [5.41, 5.74) is 0.686. The van der Waals surface area contributed by atoms with Crippen LogP contribution in [0.15, 0.2) is 24.5 Å². The molecule has 80 valence electrons. The van der Waals surface area contributed by atoms with Crippen molar-refractivity contribution in [2.24, 2.45) is 0 Å².